The predicted molar refractivity (Wildman–Crippen MR) is 83.3 cm³/mol. The number of hydrogen-bond acceptors (Lipinski definition) is 1. The van der Waals surface area contributed by atoms with E-state index in [2.05, 4.69) is 63.9 Å². The average Bonchev–Trinajstić information content (AvgIpc) is 2.57. The smallest absolute Gasteiger partial charge is 0.0849 e. The van der Waals surface area contributed by atoms with Crippen molar-refractivity contribution in [3.05, 3.63) is 54.1 Å². The summed E-state index contributed by atoms with van der Waals surface area (Å²) in [6.07, 6.45) is 0. The summed E-state index contributed by atoms with van der Waals surface area (Å²) in [7, 11) is 0. The van der Waals surface area contributed by atoms with E-state index in [-0.39, 0.29) is 5.38 Å². The zero-order chi connectivity index (χ0) is 12.6. The largest absolute Gasteiger partial charge is 0.133 e. The molecule has 0 aliphatic rings. The molecule has 0 fully saturated rings. The lowest BCUT2D eigenvalue weighted by Gasteiger charge is -2.13. The molecular weight excluding hydrogens is 383 g/mol. The number of aryl methyl sites for hydroxylation is 2. The van der Waals surface area contributed by atoms with E-state index in [4.69, 9.17) is 11.6 Å². The van der Waals surface area contributed by atoms with E-state index in [0.29, 0.717) is 0 Å². The SMILES string of the molecule is Cc1cc(Br)ccc1C(Cl)c1cc(Br)sc1C. The fourth-order valence-corrected chi connectivity index (χ4v) is 4.56. The molecule has 0 N–H and O–H groups in total. The Balaban J connectivity index is 2.43. The molecule has 0 aliphatic carbocycles. The molecule has 0 bridgehead atoms. The van der Waals surface area contributed by atoms with Crippen LogP contribution in [0.25, 0.3) is 0 Å². The molecule has 0 radical (unpaired) electrons. The average molecular weight is 395 g/mol. The van der Waals surface area contributed by atoms with Crippen molar-refractivity contribution in [2.24, 2.45) is 0 Å². The highest BCUT2D eigenvalue weighted by Gasteiger charge is 2.17. The van der Waals surface area contributed by atoms with Gasteiger partial charge in [-0.3, -0.25) is 0 Å². The Bertz CT molecular complexity index is 548. The van der Waals surface area contributed by atoms with Gasteiger partial charge in [-0.05, 0) is 64.7 Å². The predicted octanol–water partition coefficient (Wildman–Crippen LogP) is 6.22. The van der Waals surface area contributed by atoms with E-state index in [9.17, 15) is 0 Å². The van der Waals surface area contributed by atoms with Crippen molar-refractivity contribution < 1.29 is 0 Å². The number of alkyl halides is 1. The number of rotatable bonds is 2. The summed E-state index contributed by atoms with van der Waals surface area (Å²) in [6, 6.07) is 8.33. The van der Waals surface area contributed by atoms with E-state index in [1.807, 2.05) is 6.07 Å². The maximum atomic E-state index is 6.58. The van der Waals surface area contributed by atoms with E-state index < -0.39 is 0 Å². The Labute approximate surface area is 127 Å². The van der Waals surface area contributed by atoms with Crippen molar-refractivity contribution in [1.82, 2.24) is 0 Å². The molecular formula is C13H11Br2ClS. The molecule has 1 heterocycles. The Hall–Kier alpha value is 0.170. The van der Waals surface area contributed by atoms with E-state index in [1.54, 1.807) is 11.3 Å². The Morgan fingerprint density at radius 1 is 1.12 bits per heavy atom. The maximum absolute atomic E-state index is 6.58. The van der Waals surface area contributed by atoms with E-state index in [0.717, 1.165) is 8.26 Å². The zero-order valence-electron chi connectivity index (χ0n) is 9.43. The van der Waals surface area contributed by atoms with Crippen molar-refractivity contribution in [2.75, 3.05) is 0 Å². The number of benzene rings is 1. The van der Waals surface area contributed by atoms with Crippen molar-refractivity contribution in [3.63, 3.8) is 0 Å². The van der Waals surface area contributed by atoms with Gasteiger partial charge in [-0.15, -0.1) is 22.9 Å². The lowest BCUT2D eigenvalue weighted by atomic mass is 10.0. The van der Waals surface area contributed by atoms with Crippen molar-refractivity contribution in [2.45, 2.75) is 19.2 Å². The quantitative estimate of drug-likeness (QED) is 0.531. The first-order chi connectivity index (χ1) is 7.99. The third-order valence-corrected chi connectivity index (χ3v) is 5.24. The molecule has 1 aromatic heterocycles. The molecule has 17 heavy (non-hydrogen) atoms. The van der Waals surface area contributed by atoms with E-state index in [1.165, 1.54) is 21.6 Å². The first kappa shape index (κ1) is 13.6. The van der Waals surface area contributed by atoms with Crippen LogP contribution in [-0.2, 0) is 0 Å². The summed E-state index contributed by atoms with van der Waals surface area (Å²) in [4.78, 5) is 1.26. The van der Waals surface area contributed by atoms with Crippen LogP contribution in [0, 0.1) is 13.8 Å². The maximum Gasteiger partial charge on any atom is 0.0849 e. The molecule has 0 nitrogen and oxygen atoms in total. The Kier molecular flexibility index (Phi) is 4.35. The molecule has 4 heteroatoms. The summed E-state index contributed by atoms with van der Waals surface area (Å²) in [5, 5.41) is -0.0781. The molecule has 1 aromatic carbocycles. The summed E-state index contributed by atoms with van der Waals surface area (Å²) in [5.41, 5.74) is 3.57. The molecule has 0 aliphatic heterocycles. The van der Waals surface area contributed by atoms with Crippen LogP contribution >= 0.6 is 54.8 Å². The molecule has 1 atom stereocenters. The summed E-state index contributed by atoms with van der Waals surface area (Å²) in [5.74, 6) is 0. The zero-order valence-corrected chi connectivity index (χ0v) is 14.2. The lowest BCUT2D eigenvalue weighted by molar-refractivity contribution is 1.10. The van der Waals surface area contributed by atoms with Gasteiger partial charge in [0.1, 0.15) is 0 Å². The molecule has 0 spiro atoms. The van der Waals surface area contributed by atoms with Crippen LogP contribution in [0.15, 0.2) is 32.5 Å². The van der Waals surface area contributed by atoms with Crippen LogP contribution in [0.4, 0.5) is 0 Å². The van der Waals surface area contributed by atoms with Crippen molar-refractivity contribution >= 4 is 54.8 Å². The van der Waals surface area contributed by atoms with Gasteiger partial charge in [0, 0.05) is 9.35 Å². The van der Waals surface area contributed by atoms with Crippen molar-refractivity contribution in [3.8, 4) is 0 Å². The molecule has 0 saturated carbocycles. The van der Waals surface area contributed by atoms with Gasteiger partial charge in [-0.25, -0.2) is 0 Å². The van der Waals surface area contributed by atoms with Crippen LogP contribution in [0.1, 0.15) is 26.9 Å². The summed E-state index contributed by atoms with van der Waals surface area (Å²) in [6.45, 7) is 4.19. The van der Waals surface area contributed by atoms with Crippen LogP contribution in [-0.4, -0.2) is 0 Å². The standard InChI is InChI=1S/C13H11Br2ClS/c1-7-5-9(14)3-4-10(7)13(16)11-6-12(15)17-8(11)2/h3-6,13H,1-2H3. The third-order valence-electron chi connectivity index (χ3n) is 2.70. The Morgan fingerprint density at radius 3 is 2.35 bits per heavy atom. The second-order valence-electron chi connectivity index (χ2n) is 3.93. The number of hydrogen-bond donors (Lipinski definition) is 0. The van der Waals surface area contributed by atoms with Crippen LogP contribution < -0.4 is 0 Å². The highest BCUT2D eigenvalue weighted by atomic mass is 79.9. The van der Waals surface area contributed by atoms with Gasteiger partial charge in [-0.1, -0.05) is 22.0 Å². The van der Waals surface area contributed by atoms with Gasteiger partial charge in [0.2, 0.25) is 0 Å². The molecule has 0 amide bonds. The third kappa shape index (κ3) is 2.95. The minimum atomic E-state index is -0.0781. The molecule has 90 valence electrons. The van der Waals surface area contributed by atoms with Crippen LogP contribution in [0.5, 0.6) is 0 Å². The fourth-order valence-electron chi connectivity index (χ4n) is 1.80. The number of halogens is 3. The van der Waals surface area contributed by atoms with Crippen LogP contribution in [0.2, 0.25) is 0 Å². The van der Waals surface area contributed by atoms with Gasteiger partial charge in [0.15, 0.2) is 0 Å². The highest BCUT2D eigenvalue weighted by molar-refractivity contribution is 9.11. The van der Waals surface area contributed by atoms with Gasteiger partial charge in [0.05, 0.1) is 9.16 Å². The Morgan fingerprint density at radius 2 is 1.82 bits per heavy atom. The highest BCUT2D eigenvalue weighted by Crippen LogP contribution is 2.38. The van der Waals surface area contributed by atoms with E-state index >= 15 is 0 Å². The summed E-state index contributed by atoms with van der Waals surface area (Å²) >= 11 is 15.3. The van der Waals surface area contributed by atoms with Gasteiger partial charge in [0.25, 0.3) is 0 Å². The second-order valence-corrected chi connectivity index (χ2v) is 7.91. The molecule has 2 aromatic rings. The van der Waals surface area contributed by atoms with Crippen molar-refractivity contribution in [1.29, 1.82) is 0 Å². The van der Waals surface area contributed by atoms with Gasteiger partial charge < -0.3 is 0 Å². The van der Waals surface area contributed by atoms with Gasteiger partial charge >= 0.3 is 0 Å². The second kappa shape index (κ2) is 5.43. The minimum absolute atomic E-state index is 0.0781. The molecule has 2 rings (SSSR count). The lowest BCUT2D eigenvalue weighted by Crippen LogP contribution is -1.96. The molecule has 1 unspecified atom stereocenters. The molecule has 0 saturated heterocycles. The number of thiophene rings is 1. The first-order valence-electron chi connectivity index (χ1n) is 5.15. The summed E-state index contributed by atoms with van der Waals surface area (Å²) < 4.78 is 2.22. The minimum Gasteiger partial charge on any atom is -0.133 e. The normalized spacial score (nSPS) is 12.8. The van der Waals surface area contributed by atoms with Gasteiger partial charge in [-0.2, -0.15) is 0 Å². The first-order valence-corrected chi connectivity index (χ1v) is 7.99. The van der Waals surface area contributed by atoms with Crippen LogP contribution in [0.3, 0.4) is 0 Å². The monoisotopic (exact) mass is 392 g/mol. The topological polar surface area (TPSA) is 0 Å². The fraction of sp³-hybridized carbons (Fsp3) is 0.231.